The third kappa shape index (κ3) is 5.80. The first-order valence-corrected chi connectivity index (χ1v) is 12.4. The Morgan fingerprint density at radius 1 is 1.08 bits per heavy atom. The van der Waals surface area contributed by atoms with E-state index in [9.17, 15) is 18.4 Å². The Morgan fingerprint density at radius 3 is 2.68 bits per heavy atom. The number of pyridine rings is 1. The molecule has 0 unspecified atom stereocenters. The Hall–Kier alpha value is -3.78. The SMILES string of the molecule is O=C(NC1CC(c2cccc(Cl)c2)C1)c1cnn(Cc2ccc(Cn3ccccc3=O)c(C(F)F)c2)c1. The zero-order chi connectivity index (χ0) is 25.9. The van der Waals surface area contributed by atoms with Crippen molar-refractivity contribution in [2.45, 2.75) is 44.3 Å². The zero-order valence-electron chi connectivity index (χ0n) is 19.9. The molecule has 1 fully saturated rings. The summed E-state index contributed by atoms with van der Waals surface area (Å²) in [6.07, 6.45) is 3.67. The zero-order valence-corrected chi connectivity index (χ0v) is 20.6. The van der Waals surface area contributed by atoms with Gasteiger partial charge in [-0.05, 0) is 59.7 Å². The van der Waals surface area contributed by atoms with E-state index >= 15 is 0 Å². The van der Waals surface area contributed by atoms with Gasteiger partial charge in [-0.1, -0.05) is 41.9 Å². The van der Waals surface area contributed by atoms with Crippen molar-refractivity contribution in [3.63, 3.8) is 0 Å². The molecule has 4 aromatic rings. The van der Waals surface area contributed by atoms with Gasteiger partial charge < -0.3 is 9.88 Å². The van der Waals surface area contributed by atoms with Crippen LogP contribution in [0.1, 0.15) is 57.8 Å². The summed E-state index contributed by atoms with van der Waals surface area (Å²) in [6.45, 7) is 0.296. The minimum absolute atomic E-state index is 0.0606. The molecule has 0 aliphatic heterocycles. The number of rotatable bonds is 8. The summed E-state index contributed by atoms with van der Waals surface area (Å²) in [6, 6.07) is 17.3. The second-order valence-corrected chi connectivity index (χ2v) is 9.76. The lowest BCUT2D eigenvalue weighted by atomic mass is 9.76. The van der Waals surface area contributed by atoms with E-state index in [2.05, 4.69) is 10.4 Å². The lowest BCUT2D eigenvalue weighted by molar-refractivity contribution is 0.0908. The van der Waals surface area contributed by atoms with Crippen LogP contribution in [0, 0.1) is 0 Å². The minimum Gasteiger partial charge on any atom is -0.349 e. The highest BCUT2D eigenvalue weighted by Gasteiger charge is 2.31. The van der Waals surface area contributed by atoms with Gasteiger partial charge in [0.05, 0.1) is 24.8 Å². The monoisotopic (exact) mass is 522 g/mol. The Bertz CT molecular complexity index is 1480. The van der Waals surface area contributed by atoms with Crippen LogP contribution in [0.2, 0.25) is 5.02 Å². The fraction of sp³-hybridized carbons (Fsp3) is 0.250. The second kappa shape index (κ2) is 10.7. The van der Waals surface area contributed by atoms with Crippen LogP contribution in [-0.2, 0) is 13.1 Å². The molecule has 0 spiro atoms. The lowest BCUT2D eigenvalue weighted by Gasteiger charge is -2.36. The fourth-order valence-corrected chi connectivity index (χ4v) is 4.85. The molecule has 2 aromatic heterocycles. The molecule has 2 aromatic carbocycles. The van der Waals surface area contributed by atoms with Crippen molar-refractivity contribution in [3.05, 3.63) is 122 Å². The van der Waals surface area contributed by atoms with Crippen molar-refractivity contribution in [3.8, 4) is 0 Å². The Morgan fingerprint density at radius 2 is 1.92 bits per heavy atom. The molecule has 0 saturated heterocycles. The third-order valence-electron chi connectivity index (χ3n) is 6.72. The summed E-state index contributed by atoms with van der Waals surface area (Å²) in [4.78, 5) is 24.7. The van der Waals surface area contributed by atoms with E-state index in [0.717, 1.165) is 12.8 Å². The van der Waals surface area contributed by atoms with Gasteiger partial charge in [0.1, 0.15) is 0 Å². The first-order valence-electron chi connectivity index (χ1n) is 12.0. The highest BCUT2D eigenvalue weighted by atomic mass is 35.5. The van der Waals surface area contributed by atoms with Crippen LogP contribution in [0.4, 0.5) is 8.78 Å². The summed E-state index contributed by atoms with van der Waals surface area (Å²) >= 11 is 6.07. The predicted octanol–water partition coefficient (Wildman–Crippen LogP) is 5.41. The largest absolute Gasteiger partial charge is 0.349 e. The van der Waals surface area contributed by atoms with Gasteiger partial charge in [-0.25, -0.2) is 8.78 Å². The molecule has 0 radical (unpaired) electrons. The number of nitrogens with zero attached hydrogens (tertiary/aromatic N) is 3. The van der Waals surface area contributed by atoms with E-state index in [1.165, 1.54) is 28.5 Å². The van der Waals surface area contributed by atoms with E-state index in [1.807, 2.05) is 24.3 Å². The molecule has 1 saturated carbocycles. The number of halogens is 3. The standard InChI is InChI=1S/C28H25ClF2N4O2/c29-23-5-3-4-19(11-23)21-12-24(13-21)33-28(37)22-14-32-35(17-22)15-18-7-8-20(25(10-18)27(30)31)16-34-9-2-1-6-26(34)36/h1-11,14,17,21,24,27H,12-13,15-16H2,(H,33,37). The number of benzene rings is 2. The molecule has 190 valence electrons. The van der Waals surface area contributed by atoms with Crippen molar-refractivity contribution < 1.29 is 13.6 Å². The quantitative estimate of drug-likeness (QED) is 0.336. The van der Waals surface area contributed by atoms with Crippen molar-refractivity contribution in [2.24, 2.45) is 0 Å². The molecular weight excluding hydrogens is 498 g/mol. The first-order chi connectivity index (χ1) is 17.9. The fourth-order valence-electron chi connectivity index (χ4n) is 4.66. The number of aromatic nitrogens is 3. The molecule has 1 aliphatic rings. The molecule has 6 nitrogen and oxygen atoms in total. The average Bonchev–Trinajstić information content (AvgIpc) is 3.32. The van der Waals surface area contributed by atoms with Gasteiger partial charge in [-0.2, -0.15) is 5.10 Å². The average molecular weight is 523 g/mol. The number of carbonyl (C=O) groups excluding carboxylic acids is 1. The van der Waals surface area contributed by atoms with Gasteiger partial charge in [0.2, 0.25) is 0 Å². The Labute approximate surface area is 217 Å². The maximum absolute atomic E-state index is 13.8. The predicted molar refractivity (Wildman–Crippen MR) is 137 cm³/mol. The molecule has 1 aliphatic carbocycles. The van der Waals surface area contributed by atoms with Crippen LogP contribution in [0.5, 0.6) is 0 Å². The molecule has 0 bridgehead atoms. The number of nitrogens with one attached hydrogen (secondary N) is 1. The van der Waals surface area contributed by atoms with Crippen molar-refractivity contribution in [1.82, 2.24) is 19.7 Å². The molecular formula is C28H25ClF2N4O2. The van der Waals surface area contributed by atoms with E-state index in [1.54, 1.807) is 41.3 Å². The minimum atomic E-state index is -2.69. The number of amides is 1. The molecule has 1 N–H and O–H groups in total. The Kier molecular flexibility index (Phi) is 7.19. The second-order valence-electron chi connectivity index (χ2n) is 9.32. The molecule has 5 rings (SSSR count). The molecule has 37 heavy (non-hydrogen) atoms. The smallest absolute Gasteiger partial charge is 0.264 e. The van der Waals surface area contributed by atoms with Gasteiger partial charge in [0.25, 0.3) is 17.9 Å². The molecule has 2 heterocycles. The molecule has 9 heteroatoms. The van der Waals surface area contributed by atoms with Crippen LogP contribution in [0.25, 0.3) is 0 Å². The van der Waals surface area contributed by atoms with Gasteiger partial charge in [-0.3, -0.25) is 14.3 Å². The number of hydrogen-bond acceptors (Lipinski definition) is 3. The molecule has 1 amide bonds. The van der Waals surface area contributed by atoms with Gasteiger partial charge in [-0.15, -0.1) is 0 Å². The first kappa shape index (κ1) is 24.9. The maximum atomic E-state index is 13.8. The van der Waals surface area contributed by atoms with Gasteiger partial charge in [0.15, 0.2) is 0 Å². The lowest BCUT2D eigenvalue weighted by Crippen LogP contribution is -2.43. The van der Waals surface area contributed by atoms with Crippen LogP contribution < -0.4 is 10.9 Å². The topological polar surface area (TPSA) is 68.9 Å². The number of alkyl halides is 2. The maximum Gasteiger partial charge on any atom is 0.264 e. The highest BCUT2D eigenvalue weighted by Crippen LogP contribution is 2.37. The van der Waals surface area contributed by atoms with E-state index < -0.39 is 6.43 Å². The Balaban J connectivity index is 1.21. The summed E-state index contributed by atoms with van der Waals surface area (Å²) in [7, 11) is 0. The summed E-state index contributed by atoms with van der Waals surface area (Å²) < 4.78 is 30.6. The number of carbonyl (C=O) groups is 1. The third-order valence-corrected chi connectivity index (χ3v) is 6.95. The van der Waals surface area contributed by atoms with E-state index in [-0.39, 0.29) is 36.2 Å². The van der Waals surface area contributed by atoms with Gasteiger partial charge in [0, 0.05) is 35.1 Å². The van der Waals surface area contributed by atoms with Crippen molar-refractivity contribution in [1.29, 1.82) is 0 Å². The van der Waals surface area contributed by atoms with Crippen LogP contribution in [-0.4, -0.2) is 26.3 Å². The molecule has 0 atom stereocenters. The summed E-state index contributed by atoms with van der Waals surface area (Å²) in [5.41, 5.74) is 2.21. The van der Waals surface area contributed by atoms with Crippen LogP contribution in [0.3, 0.4) is 0 Å². The van der Waals surface area contributed by atoms with Crippen LogP contribution in [0.15, 0.2) is 84.0 Å². The van der Waals surface area contributed by atoms with Crippen molar-refractivity contribution in [2.75, 3.05) is 0 Å². The van der Waals surface area contributed by atoms with Gasteiger partial charge >= 0.3 is 0 Å². The number of hydrogen-bond donors (Lipinski definition) is 1. The van der Waals surface area contributed by atoms with E-state index in [0.29, 0.717) is 27.6 Å². The summed E-state index contributed by atoms with van der Waals surface area (Å²) in [5, 5.41) is 7.98. The van der Waals surface area contributed by atoms with Crippen LogP contribution >= 0.6 is 11.6 Å². The van der Waals surface area contributed by atoms with Crippen molar-refractivity contribution >= 4 is 17.5 Å². The normalized spacial score (nSPS) is 17.0. The summed E-state index contributed by atoms with van der Waals surface area (Å²) in [5.74, 6) is 0.164. The highest BCUT2D eigenvalue weighted by molar-refractivity contribution is 6.30. The van der Waals surface area contributed by atoms with E-state index in [4.69, 9.17) is 11.6 Å².